The van der Waals surface area contributed by atoms with Gasteiger partial charge in [-0.1, -0.05) is 23.7 Å². The molecule has 3 fully saturated rings. The lowest BCUT2D eigenvalue weighted by molar-refractivity contribution is 0.0662. The lowest BCUT2D eigenvalue weighted by Crippen LogP contribution is -2.43. The number of anilines is 1. The number of amides is 2. The van der Waals surface area contributed by atoms with E-state index in [0.29, 0.717) is 24.1 Å². The number of halogens is 1. The van der Waals surface area contributed by atoms with Crippen LogP contribution >= 0.6 is 11.6 Å². The summed E-state index contributed by atoms with van der Waals surface area (Å²) in [6, 6.07) is 17.2. The molecule has 3 aliphatic heterocycles. The summed E-state index contributed by atoms with van der Waals surface area (Å²) in [7, 11) is 2.25. The molecule has 3 heterocycles. The summed E-state index contributed by atoms with van der Waals surface area (Å²) >= 11 is 6.00. The van der Waals surface area contributed by atoms with Crippen molar-refractivity contribution in [3.05, 3.63) is 59.1 Å². The van der Waals surface area contributed by atoms with Crippen molar-refractivity contribution in [2.24, 2.45) is 0 Å². The number of nitrogens with zero attached hydrogens (tertiary/aromatic N) is 2. The number of hydrogen-bond donors (Lipinski definition) is 1. The van der Waals surface area contributed by atoms with Crippen LogP contribution in [0.2, 0.25) is 5.02 Å². The SMILES string of the molecule is CN1C2CCC1CC(Oc1ccc(NC(=O)N3CCC(c4ccc(Cl)cc4)CC3)cc1)C2. The van der Waals surface area contributed by atoms with E-state index in [4.69, 9.17) is 16.3 Å². The Morgan fingerprint density at radius 3 is 2.19 bits per heavy atom. The number of hydrogen-bond acceptors (Lipinski definition) is 3. The largest absolute Gasteiger partial charge is 0.490 e. The molecule has 2 atom stereocenters. The molecule has 2 aromatic carbocycles. The topological polar surface area (TPSA) is 44.8 Å². The Balaban J connectivity index is 1.10. The van der Waals surface area contributed by atoms with Gasteiger partial charge in [0.05, 0.1) is 0 Å². The van der Waals surface area contributed by atoms with Crippen LogP contribution in [0.1, 0.15) is 50.0 Å². The van der Waals surface area contributed by atoms with Crippen LogP contribution in [0, 0.1) is 0 Å². The molecule has 0 spiro atoms. The molecular formula is C26H32ClN3O2. The second kappa shape index (κ2) is 9.32. The molecule has 6 heteroatoms. The minimum atomic E-state index is -0.0277. The van der Waals surface area contributed by atoms with Gasteiger partial charge in [0.15, 0.2) is 0 Å². The zero-order chi connectivity index (χ0) is 22.1. The maximum Gasteiger partial charge on any atom is 0.321 e. The van der Waals surface area contributed by atoms with Gasteiger partial charge in [0.2, 0.25) is 0 Å². The van der Waals surface area contributed by atoms with Gasteiger partial charge in [-0.05, 0) is 93.5 Å². The Morgan fingerprint density at radius 1 is 0.938 bits per heavy atom. The molecule has 170 valence electrons. The van der Waals surface area contributed by atoms with E-state index in [1.807, 2.05) is 41.3 Å². The molecule has 5 nitrogen and oxygen atoms in total. The van der Waals surface area contributed by atoms with Gasteiger partial charge in [-0.3, -0.25) is 0 Å². The number of fused-ring (bicyclic) bond motifs is 2. The van der Waals surface area contributed by atoms with Crippen LogP contribution in [-0.4, -0.2) is 54.2 Å². The van der Waals surface area contributed by atoms with Crippen molar-refractivity contribution in [1.29, 1.82) is 0 Å². The second-order valence-electron chi connectivity index (χ2n) is 9.53. The van der Waals surface area contributed by atoms with E-state index < -0.39 is 0 Å². The predicted molar refractivity (Wildman–Crippen MR) is 129 cm³/mol. The summed E-state index contributed by atoms with van der Waals surface area (Å²) in [4.78, 5) is 17.2. The lowest BCUT2D eigenvalue weighted by Gasteiger charge is -2.36. The van der Waals surface area contributed by atoms with Gasteiger partial charge in [0.1, 0.15) is 11.9 Å². The number of likely N-dealkylation sites (tertiary alicyclic amines) is 1. The molecule has 0 radical (unpaired) electrons. The Labute approximate surface area is 195 Å². The molecule has 2 bridgehead atoms. The number of urea groups is 1. The number of piperidine rings is 2. The Morgan fingerprint density at radius 2 is 1.56 bits per heavy atom. The number of benzene rings is 2. The van der Waals surface area contributed by atoms with Crippen molar-refractivity contribution in [3.63, 3.8) is 0 Å². The molecule has 1 N–H and O–H groups in total. The summed E-state index contributed by atoms with van der Waals surface area (Å²) in [6.45, 7) is 1.53. The molecule has 0 aliphatic carbocycles. The molecule has 0 aromatic heterocycles. The number of carbonyl (C=O) groups is 1. The summed E-state index contributed by atoms with van der Waals surface area (Å²) in [5.74, 6) is 1.38. The highest BCUT2D eigenvalue weighted by Gasteiger charge is 2.39. The quantitative estimate of drug-likeness (QED) is 0.640. The molecule has 2 amide bonds. The first kappa shape index (κ1) is 21.6. The lowest BCUT2D eigenvalue weighted by atomic mass is 9.89. The summed E-state index contributed by atoms with van der Waals surface area (Å²) in [6.07, 6.45) is 7.05. The first-order valence-corrected chi connectivity index (χ1v) is 12.2. The van der Waals surface area contributed by atoms with Crippen LogP contribution in [0.5, 0.6) is 5.75 Å². The summed E-state index contributed by atoms with van der Waals surface area (Å²) < 4.78 is 6.26. The van der Waals surface area contributed by atoms with Gasteiger partial charge in [-0.25, -0.2) is 4.79 Å². The Kier molecular flexibility index (Phi) is 6.29. The van der Waals surface area contributed by atoms with Gasteiger partial charge in [0.25, 0.3) is 0 Å². The van der Waals surface area contributed by atoms with Crippen molar-refractivity contribution in [2.45, 2.75) is 62.6 Å². The fourth-order valence-corrected chi connectivity index (χ4v) is 5.75. The van der Waals surface area contributed by atoms with Crippen molar-refractivity contribution < 1.29 is 9.53 Å². The van der Waals surface area contributed by atoms with E-state index >= 15 is 0 Å². The summed E-state index contributed by atoms with van der Waals surface area (Å²) in [5.41, 5.74) is 2.12. The molecule has 32 heavy (non-hydrogen) atoms. The molecule has 2 unspecified atom stereocenters. The van der Waals surface area contributed by atoms with Gasteiger partial charge in [-0.15, -0.1) is 0 Å². The summed E-state index contributed by atoms with van der Waals surface area (Å²) in [5, 5.41) is 3.81. The van der Waals surface area contributed by atoms with Crippen molar-refractivity contribution in [2.75, 3.05) is 25.5 Å². The van der Waals surface area contributed by atoms with Gasteiger partial charge in [0, 0.05) is 35.9 Å². The normalized spacial score (nSPS) is 26.2. The van der Waals surface area contributed by atoms with Crippen LogP contribution in [-0.2, 0) is 0 Å². The van der Waals surface area contributed by atoms with Crippen LogP contribution in [0.25, 0.3) is 0 Å². The smallest absolute Gasteiger partial charge is 0.321 e. The maximum atomic E-state index is 12.7. The Hall–Kier alpha value is -2.24. The van der Waals surface area contributed by atoms with Crippen LogP contribution in [0.15, 0.2) is 48.5 Å². The minimum absolute atomic E-state index is 0.0277. The van der Waals surface area contributed by atoms with Crippen LogP contribution in [0.4, 0.5) is 10.5 Å². The van der Waals surface area contributed by atoms with E-state index in [0.717, 1.165) is 55.2 Å². The minimum Gasteiger partial charge on any atom is -0.490 e. The fourth-order valence-electron chi connectivity index (χ4n) is 5.62. The van der Waals surface area contributed by atoms with Gasteiger partial charge >= 0.3 is 6.03 Å². The number of nitrogens with one attached hydrogen (secondary N) is 1. The van der Waals surface area contributed by atoms with E-state index in [-0.39, 0.29) is 6.03 Å². The van der Waals surface area contributed by atoms with Crippen molar-refractivity contribution >= 4 is 23.3 Å². The van der Waals surface area contributed by atoms with E-state index in [9.17, 15) is 4.79 Å². The first-order valence-electron chi connectivity index (χ1n) is 11.9. The molecule has 0 saturated carbocycles. The van der Waals surface area contributed by atoms with Gasteiger partial charge in [-0.2, -0.15) is 0 Å². The molecule has 3 aliphatic rings. The van der Waals surface area contributed by atoms with E-state index in [2.05, 4.69) is 29.4 Å². The van der Waals surface area contributed by atoms with Crippen molar-refractivity contribution in [3.8, 4) is 5.75 Å². The number of carbonyl (C=O) groups excluding carboxylic acids is 1. The van der Waals surface area contributed by atoms with E-state index in [1.165, 1.54) is 18.4 Å². The average Bonchev–Trinajstić information content (AvgIpc) is 3.01. The monoisotopic (exact) mass is 453 g/mol. The first-order chi connectivity index (χ1) is 15.5. The van der Waals surface area contributed by atoms with Gasteiger partial charge < -0.3 is 19.9 Å². The third-order valence-electron chi connectivity index (χ3n) is 7.59. The standard InChI is InChI=1S/C26H32ClN3O2/c1-29-22-8-9-23(29)17-25(16-22)32-24-10-6-21(7-11-24)28-26(31)30-14-12-19(13-15-30)18-2-4-20(27)5-3-18/h2-7,10-11,19,22-23,25H,8-9,12-17H2,1H3,(H,28,31). The molecule has 3 saturated heterocycles. The number of rotatable bonds is 4. The van der Waals surface area contributed by atoms with Crippen LogP contribution in [0.3, 0.4) is 0 Å². The second-order valence-corrected chi connectivity index (χ2v) is 9.97. The van der Waals surface area contributed by atoms with E-state index in [1.54, 1.807) is 0 Å². The highest BCUT2D eigenvalue weighted by molar-refractivity contribution is 6.30. The Bertz CT molecular complexity index is 911. The highest BCUT2D eigenvalue weighted by Crippen LogP contribution is 2.36. The maximum absolute atomic E-state index is 12.7. The third kappa shape index (κ3) is 4.74. The van der Waals surface area contributed by atoms with Crippen LogP contribution < -0.4 is 10.1 Å². The number of ether oxygens (including phenoxy) is 1. The molecule has 5 rings (SSSR count). The predicted octanol–water partition coefficient (Wildman–Crippen LogP) is 5.76. The molecule has 2 aromatic rings. The zero-order valence-electron chi connectivity index (χ0n) is 18.7. The zero-order valence-corrected chi connectivity index (χ0v) is 19.4. The average molecular weight is 454 g/mol. The highest BCUT2D eigenvalue weighted by atomic mass is 35.5. The van der Waals surface area contributed by atoms with Crippen molar-refractivity contribution in [1.82, 2.24) is 9.80 Å². The third-order valence-corrected chi connectivity index (χ3v) is 7.84. The molecular weight excluding hydrogens is 422 g/mol. The fraction of sp³-hybridized carbons (Fsp3) is 0.500.